The zero-order chi connectivity index (χ0) is 26.4. The molecule has 0 aromatic heterocycles. The first-order valence-electron chi connectivity index (χ1n) is 10.6. The molecule has 7 nitrogen and oxygen atoms in total. The van der Waals surface area contributed by atoms with Crippen molar-refractivity contribution in [2.24, 2.45) is 0 Å². The van der Waals surface area contributed by atoms with E-state index in [0.29, 0.717) is 11.1 Å². The van der Waals surface area contributed by atoms with E-state index in [1.165, 1.54) is 7.11 Å². The van der Waals surface area contributed by atoms with Crippen LogP contribution in [0.3, 0.4) is 0 Å². The average molecular weight is 588 g/mol. The van der Waals surface area contributed by atoms with Gasteiger partial charge in [0.05, 0.1) is 18.8 Å². The van der Waals surface area contributed by atoms with E-state index in [-0.39, 0.29) is 0 Å². The van der Waals surface area contributed by atoms with Crippen LogP contribution in [0, 0.1) is 27.8 Å². The van der Waals surface area contributed by atoms with Gasteiger partial charge in [-0.3, -0.25) is 19.2 Å². The van der Waals surface area contributed by atoms with Crippen LogP contribution < -0.4 is 10.8 Å². The third-order valence-electron chi connectivity index (χ3n) is 4.21. The maximum atomic E-state index is 12.5. The summed E-state index contributed by atoms with van der Waals surface area (Å²) in [6.45, 7) is 7.32. The highest BCUT2D eigenvalue weighted by Gasteiger charge is 2.31. The quantitative estimate of drug-likeness (QED) is 0.223. The van der Waals surface area contributed by atoms with Crippen LogP contribution in [0.15, 0.2) is 48.5 Å². The second-order valence-corrected chi connectivity index (χ2v) is 9.44. The maximum Gasteiger partial charge on any atom is 0.268 e. The Bertz CT molecular complexity index is 1090. The number of carbonyl (C=O) groups is 3. The molecule has 0 unspecified atom stereocenters. The van der Waals surface area contributed by atoms with Crippen molar-refractivity contribution in [2.75, 3.05) is 7.11 Å². The molecule has 2 N–H and O–H groups in total. The van der Waals surface area contributed by atoms with Crippen molar-refractivity contribution >= 4 is 40.7 Å². The van der Waals surface area contributed by atoms with E-state index in [9.17, 15) is 14.4 Å². The maximum absolute atomic E-state index is 12.5. The highest BCUT2D eigenvalue weighted by Crippen LogP contribution is 2.14. The summed E-state index contributed by atoms with van der Waals surface area (Å²) in [6.07, 6.45) is 5.36. The number of halogens is 1. The van der Waals surface area contributed by atoms with Crippen molar-refractivity contribution in [1.82, 2.24) is 10.8 Å². The van der Waals surface area contributed by atoms with Gasteiger partial charge in [0.25, 0.3) is 11.8 Å². The number of aldehydes is 1. The number of hydrogen-bond donors (Lipinski definition) is 2. The van der Waals surface area contributed by atoms with Gasteiger partial charge >= 0.3 is 0 Å². The number of amides is 2. The lowest BCUT2D eigenvalue weighted by Crippen LogP contribution is -2.54. The molecule has 0 fully saturated rings. The average Bonchev–Trinajstić information content (AvgIpc) is 2.81. The molecular formula is C27H29IN2O5. The zero-order valence-electron chi connectivity index (χ0n) is 20.3. The van der Waals surface area contributed by atoms with Crippen molar-refractivity contribution in [2.45, 2.75) is 45.4 Å². The Morgan fingerprint density at radius 2 is 1.69 bits per heavy atom. The van der Waals surface area contributed by atoms with Gasteiger partial charge in [0, 0.05) is 20.3 Å². The minimum atomic E-state index is -0.928. The fourth-order valence-corrected chi connectivity index (χ4v) is 3.12. The lowest BCUT2D eigenvalue weighted by Gasteiger charge is -2.30. The molecule has 8 heteroatoms. The number of carbonyl (C=O) groups excluding carboxylic acids is 3. The summed E-state index contributed by atoms with van der Waals surface area (Å²) in [5, 5.41) is 2.68. The summed E-state index contributed by atoms with van der Waals surface area (Å²) >= 11 is 2.20. The van der Waals surface area contributed by atoms with Crippen molar-refractivity contribution in [3.05, 3.63) is 68.8 Å². The Morgan fingerprint density at radius 1 is 1.09 bits per heavy atom. The van der Waals surface area contributed by atoms with Crippen LogP contribution in [-0.2, 0) is 14.4 Å². The van der Waals surface area contributed by atoms with Crippen LogP contribution in [0.1, 0.15) is 54.0 Å². The highest BCUT2D eigenvalue weighted by atomic mass is 127. The van der Waals surface area contributed by atoms with E-state index in [0.717, 1.165) is 15.4 Å². The standard InChI is InChI=1S/C20H24N2O4.C7H5IO/c1-7-8-9-15-10-12-16(13-11-15)18(23)21-17(19(24)22-25-6)14(2)26-20(3,4)5;8-7-3-1-6(5-9)2-4-7/h1,10-14,17H,2-6H3,(H,21,23)(H,22,24);1-5H/t14-,17+;/m1./s1. The van der Waals surface area contributed by atoms with E-state index in [1.807, 2.05) is 32.9 Å². The van der Waals surface area contributed by atoms with E-state index < -0.39 is 29.6 Å². The molecule has 2 atom stereocenters. The number of ether oxygens (including phenoxy) is 1. The van der Waals surface area contributed by atoms with Gasteiger partial charge < -0.3 is 10.1 Å². The Morgan fingerprint density at radius 3 is 2.17 bits per heavy atom. The van der Waals surface area contributed by atoms with E-state index in [1.54, 1.807) is 43.3 Å². The molecule has 0 aliphatic carbocycles. The molecule has 0 heterocycles. The van der Waals surface area contributed by atoms with Gasteiger partial charge in [-0.15, -0.1) is 6.42 Å². The molecule has 35 heavy (non-hydrogen) atoms. The topological polar surface area (TPSA) is 93.7 Å². The van der Waals surface area contributed by atoms with Crippen LogP contribution in [0.25, 0.3) is 0 Å². The molecular weight excluding hydrogens is 559 g/mol. The summed E-state index contributed by atoms with van der Waals surface area (Å²) in [6, 6.07) is 13.1. The van der Waals surface area contributed by atoms with Crippen LogP contribution in [0.5, 0.6) is 0 Å². The molecule has 0 saturated carbocycles. The molecule has 2 aromatic rings. The summed E-state index contributed by atoms with van der Waals surface area (Å²) in [5.74, 6) is 6.57. The second-order valence-electron chi connectivity index (χ2n) is 8.20. The van der Waals surface area contributed by atoms with Crippen molar-refractivity contribution < 1.29 is 24.0 Å². The van der Waals surface area contributed by atoms with Gasteiger partial charge in [-0.2, -0.15) is 0 Å². The lowest BCUT2D eigenvalue weighted by molar-refractivity contribution is -0.140. The number of hydrogen-bond acceptors (Lipinski definition) is 5. The zero-order valence-corrected chi connectivity index (χ0v) is 22.5. The van der Waals surface area contributed by atoms with Gasteiger partial charge in [0.15, 0.2) is 0 Å². The van der Waals surface area contributed by atoms with Crippen molar-refractivity contribution in [1.29, 1.82) is 0 Å². The highest BCUT2D eigenvalue weighted by molar-refractivity contribution is 14.1. The van der Waals surface area contributed by atoms with E-state index in [4.69, 9.17) is 11.2 Å². The van der Waals surface area contributed by atoms with E-state index >= 15 is 0 Å². The summed E-state index contributed by atoms with van der Waals surface area (Å²) in [5.41, 5.74) is 3.56. The fraction of sp³-hybridized carbons (Fsp3) is 0.296. The van der Waals surface area contributed by atoms with Crippen LogP contribution >= 0.6 is 22.6 Å². The van der Waals surface area contributed by atoms with Gasteiger partial charge in [0.2, 0.25) is 0 Å². The third kappa shape index (κ3) is 11.7. The molecule has 0 aliphatic heterocycles. The smallest absolute Gasteiger partial charge is 0.268 e. The first kappa shape index (κ1) is 29.9. The fourth-order valence-electron chi connectivity index (χ4n) is 2.76. The number of nitrogens with one attached hydrogen (secondary N) is 2. The molecule has 2 amide bonds. The minimum absolute atomic E-state index is 0.384. The van der Waals surface area contributed by atoms with Crippen molar-refractivity contribution in [3.8, 4) is 24.2 Å². The molecule has 0 saturated heterocycles. The van der Waals surface area contributed by atoms with Gasteiger partial charge in [-0.05, 0) is 98.5 Å². The SMILES string of the molecule is C#CC#Cc1ccc(C(=O)N[C@H](C(=O)NOC)[C@@H](C)OC(C)(C)C)cc1.O=Cc1ccc(I)cc1. The molecule has 0 bridgehead atoms. The molecule has 0 aliphatic rings. The van der Waals surface area contributed by atoms with Gasteiger partial charge in [-0.25, -0.2) is 5.48 Å². The first-order valence-corrected chi connectivity index (χ1v) is 11.7. The number of terminal acetylenes is 1. The Balaban J connectivity index is 0.000000566. The summed E-state index contributed by atoms with van der Waals surface area (Å²) in [4.78, 5) is 39.5. The lowest BCUT2D eigenvalue weighted by atomic mass is 10.1. The largest absolute Gasteiger partial charge is 0.370 e. The molecule has 0 spiro atoms. The minimum Gasteiger partial charge on any atom is -0.370 e. The van der Waals surface area contributed by atoms with Crippen LogP contribution in [0.4, 0.5) is 0 Å². The number of rotatable bonds is 7. The third-order valence-corrected chi connectivity index (χ3v) is 4.93. The Kier molecular flexibility index (Phi) is 12.7. The van der Waals surface area contributed by atoms with Crippen LogP contribution in [-0.4, -0.2) is 43.0 Å². The summed E-state index contributed by atoms with van der Waals surface area (Å²) in [7, 11) is 1.32. The molecule has 184 valence electrons. The number of hydroxylamine groups is 1. The second kappa shape index (κ2) is 14.9. The Hall–Kier alpha value is -3.18. The number of benzene rings is 2. The predicted molar refractivity (Wildman–Crippen MR) is 143 cm³/mol. The van der Waals surface area contributed by atoms with Gasteiger partial charge in [0.1, 0.15) is 12.3 Å². The normalized spacial score (nSPS) is 11.8. The van der Waals surface area contributed by atoms with E-state index in [2.05, 4.69) is 56.0 Å². The first-order chi connectivity index (χ1) is 16.5. The predicted octanol–water partition coefficient (Wildman–Crippen LogP) is 3.75. The van der Waals surface area contributed by atoms with Gasteiger partial charge in [-0.1, -0.05) is 18.1 Å². The molecule has 2 aromatic carbocycles. The van der Waals surface area contributed by atoms with Crippen molar-refractivity contribution in [3.63, 3.8) is 0 Å². The van der Waals surface area contributed by atoms with Crippen LogP contribution in [0.2, 0.25) is 0 Å². The monoisotopic (exact) mass is 588 g/mol. The summed E-state index contributed by atoms with van der Waals surface area (Å²) < 4.78 is 6.95. The Labute approximate surface area is 220 Å². The molecule has 0 radical (unpaired) electrons. The molecule has 2 rings (SSSR count).